The zero-order valence-corrected chi connectivity index (χ0v) is 7.33. The molecule has 12 heavy (non-hydrogen) atoms. The van der Waals surface area contributed by atoms with E-state index >= 15 is 0 Å². The first kappa shape index (κ1) is 10.7. The van der Waals surface area contributed by atoms with E-state index in [2.05, 4.69) is 0 Å². The van der Waals surface area contributed by atoms with Crippen LogP contribution in [0.3, 0.4) is 0 Å². The number of hydrogen-bond acceptors (Lipinski definition) is 2. The standard InChI is InChI=1S/C8H14N2O2/c1-5(2)3-6(8(10)12)4-7(9)11/h3,6H,4H2,1-2H3,(H2,9,11)(H2,10,12). The highest BCUT2D eigenvalue weighted by Gasteiger charge is 2.14. The van der Waals surface area contributed by atoms with Gasteiger partial charge < -0.3 is 11.5 Å². The van der Waals surface area contributed by atoms with Gasteiger partial charge in [-0.05, 0) is 13.8 Å². The fraction of sp³-hybridized carbons (Fsp3) is 0.500. The first-order valence-corrected chi connectivity index (χ1v) is 3.66. The lowest BCUT2D eigenvalue weighted by molar-refractivity contribution is -0.125. The second-order valence-corrected chi connectivity index (χ2v) is 2.92. The highest BCUT2D eigenvalue weighted by atomic mass is 16.2. The van der Waals surface area contributed by atoms with E-state index in [1.807, 2.05) is 13.8 Å². The minimum absolute atomic E-state index is 0.0134. The second kappa shape index (κ2) is 4.54. The molecule has 0 fully saturated rings. The molecule has 0 saturated carbocycles. The van der Waals surface area contributed by atoms with E-state index in [-0.39, 0.29) is 6.42 Å². The summed E-state index contributed by atoms with van der Waals surface area (Å²) in [4.78, 5) is 21.2. The first-order chi connectivity index (χ1) is 5.43. The third-order valence-corrected chi connectivity index (χ3v) is 1.32. The maximum atomic E-state index is 10.7. The van der Waals surface area contributed by atoms with Gasteiger partial charge in [-0.2, -0.15) is 0 Å². The van der Waals surface area contributed by atoms with Crippen LogP contribution in [0.5, 0.6) is 0 Å². The van der Waals surface area contributed by atoms with Crippen molar-refractivity contribution in [3.05, 3.63) is 11.6 Å². The number of primary amides is 2. The summed E-state index contributed by atoms with van der Waals surface area (Å²) in [6.07, 6.45) is 1.63. The summed E-state index contributed by atoms with van der Waals surface area (Å²) in [6.45, 7) is 3.66. The van der Waals surface area contributed by atoms with Crippen molar-refractivity contribution in [1.82, 2.24) is 0 Å². The fourth-order valence-corrected chi connectivity index (χ4v) is 0.861. The Morgan fingerprint density at radius 1 is 1.33 bits per heavy atom. The molecule has 0 saturated heterocycles. The van der Waals surface area contributed by atoms with Crippen LogP contribution in [0, 0.1) is 5.92 Å². The molecule has 0 aromatic rings. The third-order valence-electron chi connectivity index (χ3n) is 1.32. The van der Waals surface area contributed by atoms with Crippen molar-refractivity contribution < 1.29 is 9.59 Å². The summed E-state index contributed by atoms with van der Waals surface area (Å²) in [5.41, 5.74) is 10.9. The van der Waals surface area contributed by atoms with E-state index in [0.29, 0.717) is 0 Å². The largest absolute Gasteiger partial charge is 0.370 e. The molecule has 0 spiro atoms. The lowest BCUT2D eigenvalue weighted by Gasteiger charge is -2.05. The maximum absolute atomic E-state index is 10.7. The monoisotopic (exact) mass is 170 g/mol. The summed E-state index contributed by atoms with van der Waals surface area (Å²) in [7, 11) is 0. The van der Waals surface area contributed by atoms with Crippen LogP contribution < -0.4 is 11.5 Å². The average molecular weight is 170 g/mol. The Hall–Kier alpha value is -1.32. The zero-order valence-electron chi connectivity index (χ0n) is 7.33. The van der Waals surface area contributed by atoms with E-state index < -0.39 is 17.7 Å². The summed E-state index contributed by atoms with van der Waals surface area (Å²) in [5.74, 6) is -1.60. The van der Waals surface area contributed by atoms with Gasteiger partial charge in [-0.1, -0.05) is 11.6 Å². The van der Waals surface area contributed by atoms with Crippen molar-refractivity contribution in [2.75, 3.05) is 0 Å². The van der Waals surface area contributed by atoms with Gasteiger partial charge in [-0.15, -0.1) is 0 Å². The Labute approximate surface area is 71.6 Å². The Morgan fingerprint density at radius 3 is 2.08 bits per heavy atom. The van der Waals surface area contributed by atoms with Gasteiger partial charge in [0.15, 0.2) is 0 Å². The zero-order chi connectivity index (χ0) is 9.72. The summed E-state index contributed by atoms with van der Waals surface area (Å²) in [6, 6.07) is 0. The van der Waals surface area contributed by atoms with E-state index in [1.165, 1.54) is 0 Å². The van der Waals surface area contributed by atoms with E-state index in [9.17, 15) is 9.59 Å². The van der Waals surface area contributed by atoms with Crippen molar-refractivity contribution in [3.8, 4) is 0 Å². The molecule has 1 atom stereocenters. The van der Waals surface area contributed by atoms with Crippen LogP contribution in [0.1, 0.15) is 20.3 Å². The Bertz CT molecular complexity index is 217. The summed E-state index contributed by atoms with van der Waals surface area (Å²) < 4.78 is 0. The van der Waals surface area contributed by atoms with Gasteiger partial charge >= 0.3 is 0 Å². The molecular formula is C8H14N2O2. The Kier molecular flexibility index (Phi) is 4.04. The molecule has 0 aromatic carbocycles. The number of hydrogen-bond donors (Lipinski definition) is 2. The summed E-state index contributed by atoms with van der Waals surface area (Å²) >= 11 is 0. The first-order valence-electron chi connectivity index (χ1n) is 3.66. The highest BCUT2D eigenvalue weighted by Crippen LogP contribution is 2.06. The van der Waals surface area contributed by atoms with Gasteiger partial charge in [0, 0.05) is 6.42 Å². The quantitative estimate of drug-likeness (QED) is 0.578. The molecule has 0 aliphatic heterocycles. The summed E-state index contributed by atoms with van der Waals surface area (Å²) in [5, 5.41) is 0. The average Bonchev–Trinajstić information content (AvgIpc) is 1.83. The minimum Gasteiger partial charge on any atom is -0.370 e. The molecule has 0 radical (unpaired) electrons. The predicted molar refractivity (Wildman–Crippen MR) is 45.9 cm³/mol. The van der Waals surface area contributed by atoms with Crippen molar-refractivity contribution in [2.45, 2.75) is 20.3 Å². The van der Waals surface area contributed by atoms with Gasteiger partial charge in [-0.3, -0.25) is 9.59 Å². The number of allylic oxidation sites excluding steroid dienone is 1. The van der Waals surface area contributed by atoms with Crippen molar-refractivity contribution in [2.24, 2.45) is 17.4 Å². The molecule has 0 aliphatic carbocycles. The van der Waals surface area contributed by atoms with Crippen LogP contribution in [-0.4, -0.2) is 11.8 Å². The number of carbonyl (C=O) groups excluding carboxylic acids is 2. The molecule has 4 heteroatoms. The number of carbonyl (C=O) groups is 2. The van der Waals surface area contributed by atoms with Gasteiger partial charge in [0.05, 0.1) is 5.92 Å². The highest BCUT2D eigenvalue weighted by molar-refractivity contribution is 5.85. The van der Waals surface area contributed by atoms with E-state index in [4.69, 9.17) is 11.5 Å². The van der Waals surface area contributed by atoms with Gasteiger partial charge in [-0.25, -0.2) is 0 Å². The smallest absolute Gasteiger partial charge is 0.224 e. The van der Waals surface area contributed by atoms with Gasteiger partial charge in [0.2, 0.25) is 11.8 Å². The van der Waals surface area contributed by atoms with E-state index in [1.54, 1.807) is 6.08 Å². The van der Waals surface area contributed by atoms with Crippen LogP contribution in [-0.2, 0) is 9.59 Å². The number of rotatable bonds is 4. The number of nitrogens with two attached hydrogens (primary N) is 2. The van der Waals surface area contributed by atoms with Gasteiger partial charge in [0.1, 0.15) is 0 Å². The Balaban J connectivity index is 4.35. The molecule has 0 rings (SSSR count). The van der Waals surface area contributed by atoms with Crippen LogP contribution in [0.25, 0.3) is 0 Å². The fourth-order valence-electron chi connectivity index (χ4n) is 0.861. The normalized spacial score (nSPS) is 11.8. The molecule has 0 aliphatic rings. The topological polar surface area (TPSA) is 86.2 Å². The van der Waals surface area contributed by atoms with Crippen molar-refractivity contribution >= 4 is 11.8 Å². The van der Waals surface area contributed by atoms with Crippen LogP contribution in [0.2, 0.25) is 0 Å². The molecule has 4 nitrogen and oxygen atoms in total. The van der Waals surface area contributed by atoms with Gasteiger partial charge in [0.25, 0.3) is 0 Å². The second-order valence-electron chi connectivity index (χ2n) is 2.92. The molecular weight excluding hydrogens is 156 g/mol. The van der Waals surface area contributed by atoms with E-state index in [0.717, 1.165) is 5.57 Å². The van der Waals surface area contributed by atoms with Crippen LogP contribution >= 0.6 is 0 Å². The number of amides is 2. The molecule has 0 heterocycles. The molecule has 0 bridgehead atoms. The van der Waals surface area contributed by atoms with Crippen LogP contribution in [0.15, 0.2) is 11.6 Å². The molecule has 68 valence electrons. The lowest BCUT2D eigenvalue weighted by Crippen LogP contribution is -2.26. The third kappa shape index (κ3) is 4.49. The molecule has 0 aromatic heterocycles. The van der Waals surface area contributed by atoms with Crippen molar-refractivity contribution in [3.63, 3.8) is 0 Å². The molecule has 4 N–H and O–H groups in total. The molecule has 1 unspecified atom stereocenters. The SMILES string of the molecule is CC(C)=CC(CC(N)=O)C(N)=O. The predicted octanol–water partition coefficient (Wildman–Crippen LogP) is -0.0705. The van der Waals surface area contributed by atoms with Crippen molar-refractivity contribution in [1.29, 1.82) is 0 Å². The minimum atomic E-state index is -0.563. The van der Waals surface area contributed by atoms with Crippen LogP contribution in [0.4, 0.5) is 0 Å². The lowest BCUT2D eigenvalue weighted by atomic mass is 10.0. The maximum Gasteiger partial charge on any atom is 0.224 e. The molecule has 2 amide bonds. The Morgan fingerprint density at radius 2 is 1.83 bits per heavy atom.